The van der Waals surface area contributed by atoms with Crippen molar-refractivity contribution >= 4 is 5.97 Å². The number of hydrogen-bond acceptors (Lipinski definition) is 2. The molecule has 1 aliphatic carbocycles. The number of carbonyl (C=O) groups excluding carboxylic acids is 1. The predicted molar refractivity (Wildman–Crippen MR) is 70.8 cm³/mol. The molecule has 0 radical (unpaired) electrons. The highest BCUT2D eigenvalue weighted by Crippen LogP contribution is 2.35. The highest BCUT2D eigenvalue weighted by molar-refractivity contribution is 5.81. The molecule has 0 aromatic carbocycles. The Balaban J connectivity index is 2.73. The van der Waals surface area contributed by atoms with E-state index >= 15 is 0 Å². The van der Waals surface area contributed by atoms with Gasteiger partial charge < -0.3 is 4.74 Å². The lowest BCUT2D eigenvalue weighted by Crippen LogP contribution is -2.37. The second-order valence-electron chi connectivity index (χ2n) is 5.67. The molecule has 0 atom stereocenters. The average Bonchev–Trinajstić information content (AvgIpc) is 2.23. The van der Waals surface area contributed by atoms with E-state index in [0.29, 0.717) is 5.92 Å². The Morgan fingerprint density at radius 1 is 1.24 bits per heavy atom. The molecular formula is C15H26O2. The zero-order valence-electron chi connectivity index (χ0n) is 11.3. The van der Waals surface area contributed by atoms with Gasteiger partial charge in [0.2, 0.25) is 0 Å². The highest BCUT2D eigenvalue weighted by Gasteiger charge is 2.34. The van der Waals surface area contributed by atoms with Gasteiger partial charge in [0.1, 0.15) is 5.60 Å². The predicted octanol–water partition coefficient (Wildman–Crippen LogP) is 4.24. The van der Waals surface area contributed by atoms with Crippen molar-refractivity contribution in [3.63, 3.8) is 0 Å². The van der Waals surface area contributed by atoms with E-state index in [4.69, 9.17) is 4.74 Å². The first-order valence-electron chi connectivity index (χ1n) is 6.93. The molecule has 98 valence electrons. The number of carbonyl (C=O) groups is 1. The smallest absolute Gasteiger partial charge is 0.330 e. The monoisotopic (exact) mass is 238 g/mol. The molecule has 1 aliphatic rings. The van der Waals surface area contributed by atoms with Crippen molar-refractivity contribution in [2.45, 2.75) is 70.8 Å². The SMILES string of the molecule is C=CC(=O)OC1(CC(C)C)CCCCCCC1. The molecular weight excluding hydrogens is 212 g/mol. The summed E-state index contributed by atoms with van der Waals surface area (Å²) >= 11 is 0. The zero-order valence-corrected chi connectivity index (χ0v) is 11.3. The lowest BCUT2D eigenvalue weighted by molar-refractivity contribution is -0.157. The molecule has 1 rings (SSSR count). The maximum atomic E-state index is 11.5. The first kappa shape index (κ1) is 14.3. The van der Waals surface area contributed by atoms with Crippen molar-refractivity contribution in [2.75, 3.05) is 0 Å². The normalized spacial score (nSPS) is 20.4. The largest absolute Gasteiger partial charge is 0.456 e. The lowest BCUT2D eigenvalue weighted by Gasteiger charge is -2.36. The molecule has 17 heavy (non-hydrogen) atoms. The molecule has 0 unspecified atom stereocenters. The fraction of sp³-hybridized carbons (Fsp3) is 0.800. The zero-order chi connectivity index (χ0) is 12.7. The van der Waals surface area contributed by atoms with Crippen LogP contribution in [-0.4, -0.2) is 11.6 Å². The Kier molecular flexibility index (Phi) is 5.73. The molecule has 0 N–H and O–H groups in total. The number of hydrogen-bond donors (Lipinski definition) is 0. The molecule has 0 bridgehead atoms. The Labute approximate surface area is 105 Å². The van der Waals surface area contributed by atoms with E-state index < -0.39 is 0 Å². The summed E-state index contributed by atoms with van der Waals surface area (Å²) in [5.74, 6) is 0.304. The van der Waals surface area contributed by atoms with Gasteiger partial charge in [-0.15, -0.1) is 0 Å². The van der Waals surface area contributed by atoms with Gasteiger partial charge in [-0.2, -0.15) is 0 Å². The fourth-order valence-corrected chi connectivity index (χ4v) is 2.90. The first-order valence-corrected chi connectivity index (χ1v) is 6.93. The van der Waals surface area contributed by atoms with Crippen LogP contribution in [0, 0.1) is 5.92 Å². The van der Waals surface area contributed by atoms with Gasteiger partial charge in [0.25, 0.3) is 0 Å². The Morgan fingerprint density at radius 3 is 2.24 bits per heavy atom. The van der Waals surface area contributed by atoms with Crippen molar-refractivity contribution in [3.05, 3.63) is 12.7 Å². The van der Waals surface area contributed by atoms with Gasteiger partial charge in [-0.1, -0.05) is 39.7 Å². The van der Waals surface area contributed by atoms with Gasteiger partial charge in [-0.05, 0) is 38.0 Å². The summed E-state index contributed by atoms with van der Waals surface area (Å²) in [5, 5.41) is 0. The van der Waals surface area contributed by atoms with Gasteiger partial charge in [-0.25, -0.2) is 4.79 Å². The molecule has 2 heteroatoms. The van der Waals surface area contributed by atoms with E-state index in [-0.39, 0.29) is 11.6 Å². The minimum absolute atomic E-state index is 0.222. The highest BCUT2D eigenvalue weighted by atomic mass is 16.6. The molecule has 0 heterocycles. The standard InChI is InChI=1S/C15H26O2/c1-4-14(16)17-15(12-13(2)3)10-8-6-5-7-9-11-15/h4,13H,1,5-12H2,2-3H3. The van der Waals surface area contributed by atoms with E-state index in [0.717, 1.165) is 19.3 Å². The van der Waals surface area contributed by atoms with E-state index in [2.05, 4.69) is 20.4 Å². The third-order valence-corrected chi connectivity index (χ3v) is 3.53. The number of rotatable bonds is 4. The molecule has 0 aliphatic heterocycles. The van der Waals surface area contributed by atoms with Crippen molar-refractivity contribution in [3.8, 4) is 0 Å². The van der Waals surface area contributed by atoms with Crippen LogP contribution in [0.15, 0.2) is 12.7 Å². The third kappa shape index (κ3) is 4.93. The summed E-state index contributed by atoms with van der Waals surface area (Å²) in [4.78, 5) is 11.5. The fourth-order valence-electron chi connectivity index (χ4n) is 2.90. The van der Waals surface area contributed by atoms with Crippen molar-refractivity contribution in [1.29, 1.82) is 0 Å². The van der Waals surface area contributed by atoms with E-state index in [1.54, 1.807) is 0 Å². The van der Waals surface area contributed by atoms with Crippen LogP contribution in [-0.2, 0) is 9.53 Å². The number of esters is 1. The third-order valence-electron chi connectivity index (χ3n) is 3.53. The molecule has 2 nitrogen and oxygen atoms in total. The summed E-state index contributed by atoms with van der Waals surface area (Å²) in [6, 6.07) is 0. The van der Waals surface area contributed by atoms with Gasteiger partial charge in [-0.3, -0.25) is 0 Å². The second kappa shape index (κ2) is 6.83. The van der Waals surface area contributed by atoms with Crippen LogP contribution in [0.25, 0.3) is 0 Å². The summed E-state index contributed by atoms with van der Waals surface area (Å²) in [7, 11) is 0. The van der Waals surface area contributed by atoms with E-state index in [9.17, 15) is 4.79 Å². The van der Waals surface area contributed by atoms with Gasteiger partial charge in [0, 0.05) is 6.08 Å². The Bertz CT molecular complexity index is 248. The quantitative estimate of drug-likeness (QED) is 0.541. The maximum absolute atomic E-state index is 11.5. The van der Waals surface area contributed by atoms with Crippen LogP contribution < -0.4 is 0 Å². The van der Waals surface area contributed by atoms with Gasteiger partial charge in [0.15, 0.2) is 0 Å². The summed E-state index contributed by atoms with van der Waals surface area (Å²) < 4.78 is 5.72. The van der Waals surface area contributed by atoms with Crippen LogP contribution in [0.4, 0.5) is 0 Å². The van der Waals surface area contributed by atoms with Crippen LogP contribution in [0.3, 0.4) is 0 Å². The van der Waals surface area contributed by atoms with Crippen LogP contribution in [0.2, 0.25) is 0 Å². The molecule has 0 aromatic rings. The molecule has 0 saturated heterocycles. The topological polar surface area (TPSA) is 26.3 Å². The van der Waals surface area contributed by atoms with Crippen LogP contribution in [0.1, 0.15) is 65.2 Å². The van der Waals surface area contributed by atoms with Crippen LogP contribution >= 0.6 is 0 Å². The van der Waals surface area contributed by atoms with E-state index in [1.165, 1.54) is 38.2 Å². The van der Waals surface area contributed by atoms with Crippen molar-refractivity contribution < 1.29 is 9.53 Å². The van der Waals surface area contributed by atoms with Crippen molar-refractivity contribution in [2.24, 2.45) is 5.92 Å². The lowest BCUT2D eigenvalue weighted by atomic mass is 9.81. The molecule has 1 saturated carbocycles. The first-order chi connectivity index (χ1) is 8.08. The minimum atomic E-state index is -0.258. The van der Waals surface area contributed by atoms with E-state index in [1.807, 2.05) is 0 Å². The Hall–Kier alpha value is -0.790. The number of ether oxygens (including phenoxy) is 1. The van der Waals surface area contributed by atoms with Crippen molar-refractivity contribution in [1.82, 2.24) is 0 Å². The van der Waals surface area contributed by atoms with Crippen LogP contribution in [0.5, 0.6) is 0 Å². The Morgan fingerprint density at radius 2 is 1.76 bits per heavy atom. The minimum Gasteiger partial charge on any atom is -0.456 e. The molecule has 0 aromatic heterocycles. The summed E-state index contributed by atoms with van der Waals surface area (Å²) in [5.41, 5.74) is -0.222. The molecule has 0 spiro atoms. The van der Waals surface area contributed by atoms with Gasteiger partial charge in [0.05, 0.1) is 0 Å². The summed E-state index contributed by atoms with van der Waals surface area (Å²) in [6.07, 6.45) is 10.5. The molecule has 1 fully saturated rings. The maximum Gasteiger partial charge on any atom is 0.330 e. The average molecular weight is 238 g/mol. The summed E-state index contributed by atoms with van der Waals surface area (Å²) in [6.45, 7) is 7.90. The molecule has 0 amide bonds. The second-order valence-corrected chi connectivity index (χ2v) is 5.67. The van der Waals surface area contributed by atoms with Gasteiger partial charge >= 0.3 is 5.97 Å².